The largest absolute Gasteiger partial charge is 0.465 e. The second-order valence-electron chi connectivity index (χ2n) is 1.94. The van der Waals surface area contributed by atoms with Crippen LogP contribution in [0.3, 0.4) is 0 Å². The van der Waals surface area contributed by atoms with Gasteiger partial charge in [-0.2, -0.15) is 0 Å². The lowest BCUT2D eigenvalue weighted by Gasteiger charge is -2.20. The fourth-order valence-electron chi connectivity index (χ4n) is 0.672. The molecule has 1 atom stereocenters. The minimum atomic E-state index is -1.27. The van der Waals surface area contributed by atoms with Crippen LogP contribution in [0, 0.1) is 0 Å². The Kier molecular flexibility index (Phi) is 2.14. The zero-order valence-corrected chi connectivity index (χ0v) is 6.12. The summed E-state index contributed by atoms with van der Waals surface area (Å²) in [5.41, 5.74) is -0.813. The van der Waals surface area contributed by atoms with Gasteiger partial charge in [-0.05, 0) is 12.2 Å². The molecule has 0 aromatic carbocycles. The standard InChI is InChI=1S/C6H5ClFNO2/c7-5-2-1-4(8)3-9(5)6(10)11/h1-3,5H,(H,10,11). The van der Waals surface area contributed by atoms with Crippen LogP contribution >= 0.6 is 11.6 Å². The van der Waals surface area contributed by atoms with Gasteiger partial charge in [-0.15, -0.1) is 0 Å². The molecule has 1 aliphatic heterocycles. The molecule has 5 heteroatoms. The van der Waals surface area contributed by atoms with Crippen LogP contribution in [0.25, 0.3) is 0 Å². The lowest BCUT2D eigenvalue weighted by molar-refractivity contribution is 0.161. The molecule has 1 heterocycles. The molecule has 11 heavy (non-hydrogen) atoms. The predicted molar refractivity (Wildman–Crippen MR) is 37.8 cm³/mol. The number of alkyl halides is 1. The van der Waals surface area contributed by atoms with Gasteiger partial charge in [0.25, 0.3) is 0 Å². The summed E-state index contributed by atoms with van der Waals surface area (Å²) >= 11 is 5.49. The molecule has 3 nitrogen and oxygen atoms in total. The molecule has 0 aliphatic carbocycles. The normalized spacial score (nSPS) is 23.3. The van der Waals surface area contributed by atoms with Crippen molar-refractivity contribution in [1.82, 2.24) is 4.90 Å². The Morgan fingerprint density at radius 1 is 1.82 bits per heavy atom. The number of hydrogen-bond donors (Lipinski definition) is 1. The molecule has 0 saturated carbocycles. The zero-order valence-electron chi connectivity index (χ0n) is 5.37. The van der Waals surface area contributed by atoms with E-state index in [1.165, 1.54) is 6.08 Å². The van der Waals surface area contributed by atoms with Crippen molar-refractivity contribution in [2.24, 2.45) is 0 Å². The Morgan fingerprint density at radius 2 is 2.45 bits per heavy atom. The van der Waals surface area contributed by atoms with Gasteiger partial charge in [0.1, 0.15) is 11.3 Å². The average molecular weight is 178 g/mol. The van der Waals surface area contributed by atoms with Crippen molar-refractivity contribution >= 4 is 17.7 Å². The maximum atomic E-state index is 12.4. The van der Waals surface area contributed by atoms with Gasteiger partial charge in [0.15, 0.2) is 0 Å². The Bertz CT molecular complexity index is 239. The van der Waals surface area contributed by atoms with Crippen molar-refractivity contribution in [1.29, 1.82) is 0 Å². The van der Waals surface area contributed by atoms with E-state index in [0.29, 0.717) is 4.90 Å². The number of halogens is 2. The highest BCUT2D eigenvalue weighted by Gasteiger charge is 2.20. The van der Waals surface area contributed by atoms with Crippen LogP contribution in [0.15, 0.2) is 24.2 Å². The minimum absolute atomic E-state index is 0.621. The van der Waals surface area contributed by atoms with E-state index in [2.05, 4.69) is 0 Å². The molecule has 0 fully saturated rings. The molecule has 0 spiro atoms. The summed E-state index contributed by atoms with van der Waals surface area (Å²) in [6, 6.07) is 0. The number of nitrogens with zero attached hydrogens (tertiary/aromatic N) is 1. The molecule has 1 unspecified atom stereocenters. The number of carboxylic acid groups (broad SMARTS) is 1. The summed E-state index contributed by atoms with van der Waals surface area (Å²) in [7, 11) is 0. The lowest BCUT2D eigenvalue weighted by Crippen LogP contribution is -2.31. The van der Waals surface area contributed by atoms with Gasteiger partial charge in [0, 0.05) is 6.20 Å². The molecule has 1 aliphatic rings. The van der Waals surface area contributed by atoms with Crippen LogP contribution in [0.5, 0.6) is 0 Å². The topological polar surface area (TPSA) is 40.5 Å². The van der Waals surface area contributed by atoms with E-state index in [9.17, 15) is 9.18 Å². The first-order valence-corrected chi connectivity index (χ1v) is 3.26. The Hall–Kier alpha value is -1.03. The van der Waals surface area contributed by atoms with Crippen LogP contribution in [0.4, 0.5) is 9.18 Å². The van der Waals surface area contributed by atoms with E-state index in [1.807, 2.05) is 0 Å². The Morgan fingerprint density at radius 3 is 2.91 bits per heavy atom. The van der Waals surface area contributed by atoms with Gasteiger partial charge < -0.3 is 5.11 Å². The molecule has 1 N–H and O–H groups in total. The SMILES string of the molecule is O=C(O)N1C=C(F)C=CC1Cl. The third-order valence-electron chi connectivity index (χ3n) is 1.16. The monoisotopic (exact) mass is 177 g/mol. The fraction of sp³-hybridized carbons (Fsp3) is 0.167. The second-order valence-corrected chi connectivity index (χ2v) is 2.38. The van der Waals surface area contributed by atoms with E-state index in [1.54, 1.807) is 0 Å². The molecule has 0 aromatic rings. The van der Waals surface area contributed by atoms with Crippen LogP contribution in [0.2, 0.25) is 0 Å². The van der Waals surface area contributed by atoms with E-state index in [-0.39, 0.29) is 0 Å². The smallest absolute Gasteiger partial charge is 0.412 e. The van der Waals surface area contributed by atoms with Crippen LogP contribution in [-0.4, -0.2) is 21.6 Å². The first kappa shape index (κ1) is 8.07. The van der Waals surface area contributed by atoms with Gasteiger partial charge in [-0.25, -0.2) is 9.18 Å². The highest BCUT2D eigenvalue weighted by Crippen LogP contribution is 2.16. The summed E-state index contributed by atoms with van der Waals surface area (Å²) in [5, 5.41) is 8.42. The molecule has 1 rings (SSSR count). The first-order chi connectivity index (χ1) is 5.11. The molecule has 0 aromatic heterocycles. The Labute approximate surface area is 67.4 Å². The highest BCUT2D eigenvalue weighted by molar-refractivity contribution is 6.22. The lowest BCUT2D eigenvalue weighted by atomic mass is 10.3. The van der Waals surface area contributed by atoms with E-state index in [0.717, 1.165) is 12.3 Å². The first-order valence-electron chi connectivity index (χ1n) is 2.82. The third kappa shape index (κ3) is 1.71. The molecule has 0 saturated heterocycles. The van der Waals surface area contributed by atoms with Crippen LogP contribution in [0.1, 0.15) is 0 Å². The van der Waals surface area contributed by atoms with Crippen molar-refractivity contribution in [3.63, 3.8) is 0 Å². The van der Waals surface area contributed by atoms with E-state index in [4.69, 9.17) is 16.7 Å². The van der Waals surface area contributed by atoms with Gasteiger partial charge in [0.05, 0.1) is 0 Å². The van der Waals surface area contributed by atoms with Crippen molar-refractivity contribution in [2.75, 3.05) is 0 Å². The third-order valence-corrected chi connectivity index (χ3v) is 1.52. The Balaban J connectivity index is 2.81. The van der Waals surface area contributed by atoms with Gasteiger partial charge in [-0.3, -0.25) is 4.90 Å². The number of allylic oxidation sites excluding steroid dienone is 2. The maximum Gasteiger partial charge on any atom is 0.412 e. The summed E-state index contributed by atoms with van der Waals surface area (Å²) in [6.07, 6.45) is 1.94. The van der Waals surface area contributed by atoms with Crippen molar-refractivity contribution in [3.05, 3.63) is 24.2 Å². The summed E-state index contributed by atoms with van der Waals surface area (Å²) in [5.74, 6) is -0.621. The van der Waals surface area contributed by atoms with Gasteiger partial charge >= 0.3 is 6.09 Å². The molecular formula is C6H5ClFNO2. The zero-order chi connectivity index (χ0) is 8.43. The van der Waals surface area contributed by atoms with Crippen molar-refractivity contribution in [2.45, 2.75) is 5.50 Å². The van der Waals surface area contributed by atoms with Crippen LogP contribution in [-0.2, 0) is 0 Å². The summed E-state index contributed by atoms with van der Waals surface area (Å²) in [6.45, 7) is 0. The number of amides is 1. The van der Waals surface area contributed by atoms with E-state index >= 15 is 0 Å². The fourth-order valence-corrected chi connectivity index (χ4v) is 0.884. The highest BCUT2D eigenvalue weighted by atomic mass is 35.5. The minimum Gasteiger partial charge on any atom is -0.465 e. The molecule has 60 valence electrons. The summed E-state index contributed by atoms with van der Waals surface area (Å²) < 4.78 is 12.4. The molecule has 0 bridgehead atoms. The quantitative estimate of drug-likeness (QED) is 0.454. The van der Waals surface area contributed by atoms with E-state index < -0.39 is 17.4 Å². The summed E-state index contributed by atoms with van der Waals surface area (Å²) in [4.78, 5) is 11.0. The van der Waals surface area contributed by atoms with Gasteiger partial charge in [-0.1, -0.05) is 11.6 Å². The number of hydrogen-bond acceptors (Lipinski definition) is 1. The average Bonchev–Trinajstić information content (AvgIpc) is 1.94. The van der Waals surface area contributed by atoms with Crippen molar-refractivity contribution in [3.8, 4) is 0 Å². The molecular weight excluding hydrogens is 173 g/mol. The predicted octanol–water partition coefficient (Wildman–Crippen LogP) is 1.91. The molecule has 0 radical (unpaired) electrons. The van der Waals surface area contributed by atoms with Gasteiger partial charge in [0.2, 0.25) is 0 Å². The maximum absolute atomic E-state index is 12.4. The van der Waals surface area contributed by atoms with Crippen LogP contribution < -0.4 is 0 Å². The number of rotatable bonds is 0. The second kappa shape index (κ2) is 2.92. The number of carbonyl (C=O) groups is 1. The molecule has 1 amide bonds. The van der Waals surface area contributed by atoms with Crippen molar-refractivity contribution < 1.29 is 14.3 Å².